The molecule has 0 saturated carbocycles. The van der Waals surface area contributed by atoms with Crippen LogP contribution in [0.5, 0.6) is 11.5 Å². The Morgan fingerprint density at radius 2 is 1.68 bits per heavy atom. The van der Waals surface area contributed by atoms with Crippen molar-refractivity contribution in [2.45, 2.75) is 13.8 Å². The average Bonchev–Trinajstić information content (AvgIpc) is 2.43. The zero-order valence-corrected chi connectivity index (χ0v) is 11.4. The van der Waals surface area contributed by atoms with Gasteiger partial charge in [0.05, 0.1) is 14.2 Å². The van der Waals surface area contributed by atoms with Gasteiger partial charge in [0.25, 0.3) is 5.91 Å². The number of hydrazine groups is 1. The molecule has 0 fully saturated rings. The predicted octanol–water partition coefficient (Wildman–Crippen LogP) is 1.12. The van der Waals surface area contributed by atoms with E-state index in [1.165, 1.54) is 20.3 Å². The van der Waals surface area contributed by atoms with Crippen LogP contribution in [0, 0.1) is 5.92 Å². The van der Waals surface area contributed by atoms with Crippen LogP contribution in [0.4, 0.5) is 0 Å². The van der Waals surface area contributed by atoms with E-state index >= 15 is 0 Å². The van der Waals surface area contributed by atoms with Gasteiger partial charge in [-0.05, 0) is 18.2 Å². The Kier molecular flexibility index (Phi) is 5.17. The van der Waals surface area contributed by atoms with Gasteiger partial charge in [-0.25, -0.2) is 0 Å². The summed E-state index contributed by atoms with van der Waals surface area (Å²) in [7, 11) is 3.00. The lowest BCUT2D eigenvalue weighted by Crippen LogP contribution is -2.43. The molecule has 2 amide bonds. The second-order valence-electron chi connectivity index (χ2n) is 4.17. The summed E-state index contributed by atoms with van der Waals surface area (Å²) in [5.41, 5.74) is 5.03. The molecule has 0 spiro atoms. The van der Waals surface area contributed by atoms with E-state index < -0.39 is 5.91 Å². The fourth-order valence-corrected chi connectivity index (χ4v) is 1.31. The summed E-state index contributed by atoms with van der Waals surface area (Å²) in [5, 5.41) is 0. The van der Waals surface area contributed by atoms with Crippen molar-refractivity contribution in [3.05, 3.63) is 23.8 Å². The molecular formula is C13H18N2O4. The highest BCUT2D eigenvalue weighted by molar-refractivity contribution is 5.96. The first-order chi connectivity index (χ1) is 8.99. The summed E-state index contributed by atoms with van der Waals surface area (Å²) < 4.78 is 10.2. The Balaban J connectivity index is 2.75. The van der Waals surface area contributed by atoms with Gasteiger partial charge in [-0.15, -0.1) is 0 Å². The molecule has 2 N–H and O–H groups in total. The Morgan fingerprint density at radius 1 is 1.05 bits per heavy atom. The van der Waals surface area contributed by atoms with Crippen LogP contribution in [0.2, 0.25) is 0 Å². The molecule has 104 valence electrons. The van der Waals surface area contributed by atoms with E-state index in [1.807, 2.05) is 0 Å². The number of nitrogens with one attached hydrogen (secondary N) is 2. The highest BCUT2D eigenvalue weighted by Gasteiger charge is 2.12. The smallest absolute Gasteiger partial charge is 0.269 e. The summed E-state index contributed by atoms with van der Waals surface area (Å²) in [6, 6.07) is 4.74. The van der Waals surface area contributed by atoms with Crippen molar-refractivity contribution >= 4 is 11.8 Å². The third kappa shape index (κ3) is 3.87. The van der Waals surface area contributed by atoms with Gasteiger partial charge in [0.1, 0.15) is 0 Å². The van der Waals surface area contributed by atoms with Gasteiger partial charge in [0, 0.05) is 11.5 Å². The van der Waals surface area contributed by atoms with Crippen molar-refractivity contribution < 1.29 is 19.1 Å². The van der Waals surface area contributed by atoms with E-state index in [9.17, 15) is 9.59 Å². The Hall–Kier alpha value is -2.24. The van der Waals surface area contributed by atoms with Gasteiger partial charge < -0.3 is 9.47 Å². The molecule has 0 radical (unpaired) electrons. The maximum absolute atomic E-state index is 11.8. The maximum atomic E-state index is 11.8. The van der Waals surface area contributed by atoms with Crippen LogP contribution in [0.3, 0.4) is 0 Å². The molecule has 0 bridgehead atoms. The van der Waals surface area contributed by atoms with Gasteiger partial charge in [-0.2, -0.15) is 0 Å². The Labute approximate surface area is 112 Å². The Morgan fingerprint density at radius 3 is 2.21 bits per heavy atom. The molecule has 0 aliphatic rings. The van der Waals surface area contributed by atoms with Crippen LogP contribution < -0.4 is 20.3 Å². The van der Waals surface area contributed by atoms with E-state index in [4.69, 9.17) is 9.47 Å². The van der Waals surface area contributed by atoms with E-state index in [0.717, 1.165) is 0 Å². The third-order valence-corrected chi connectivity index (χ3v) is 2.47. The topological polar surface area (TPSA) is 76.7 Å². The summed E-state index contributed by atoms with van der Waals surface area (Å²) in [6.07, 6.45) is 0. The van der Waals surface area contributed by atoms with Crippen molar-refractivity contribution in [2.75, 3.05) is 14.2 Å². The van der Waals surface area contributed by atoms with Gasteiger partial charge in [0.2, 0.25) is 5.91 Å². The molecule has 1 aromatic carbocycles. The van der Waals surface area contributed by atoms with Crippen LogP contribution in [0.25, 0.3) is 0 Å². The molecule has 1 aromatic rings. The molecule has 0 atom stereocenters. The van der Waals surface area contributed by atoms with Gasteiger partial charge in [-0.1, -0.05) is 13.8 Å². The predicted molar refractivity (Wildman–Crippen MR) is 70.0 cm³/mol. The minimum absolute atomic E-state index is 0.203. The highest BCUT2D eigenvalue weighted by Crippen LogP contribution is 2.27. The van der Waals surface area contributed by atoms with Crippen molar-refractivity contribution in [3.8, 4) is 11.5 Å². The standard InChI is InChI=1S/C13H18N2O4/c1-8(2)12(16)14-15-13(17)9-5-6-10(18-3)11(7-9)19-4/h5-8H,1-4H3,(H,14,16)(H,15,17). The Bertz CT molecular complexity index is 472. The number of ether oxygens (including phenoxy) is 2. The maximum Gasteiger partial charge on any atom is 0.269 e. The zero-order valence-electron chi connectivity index (χ0n) is 11.4. The van der Waals surface area contributed by atoms with Crippen LogP contribution in [-0.2, 0) is 4.79 Å². The number of hydrogen-bond acceptors (Lipinski definition) is 4. The first-order valence-corrected chi connectivity index (χ1v) is 5.81. The SMILES string of the molecule is COc1ccc(C(=O)NNC(=O)C(C)C)cc1OC. The molecule has 0 saturated heterocycles. The molecule has 0 heterocycles. The number of hydrogen-bond donors (Lipinski definition) is 2. The number of methoxy groups -OCH3 is 2. The molecule has 6 nitrogen and oxygen atoms in total. The minimum atomic E-state index is -0.421. The fraction of sp³-hybridized carbons (Fsp3) is 0.385. The van der Waals surface area contributed by atoms with Crippen molar-refractivity contribution in [2.24, 2.45) is 5.92 Å². The molecule has 19 heavy (non-hydrogen) atoms. The summed E-state index contributed by atoms with van der Waals surface area (Å²) in [5.74, 6) is 0.102. The lowest BCUT2D eigenvalue weighted by Gasteiger charge is -2.11. The summed E-state index contributed by atoms with van der Waals surface area (Å²) >= 11 is 0. The number of rotatable bonds is 4. The molecule has 0 unspecified atom stereocenters. The van der Waals surface area contributed by atoms with E-state index in [0.29, 0.717) is 17.1 Å². The molecule has 1 rings (SSSR count). The van der Waals surface area contributed by atoms with E-state index in [2.05, 4.69) is 10.9 Å². The molecule has 0 aliphatic heterocycles. The van der Waals surface area contributed by atoms with Crippen molar-refractivity contribution in [1.29, 1.82) is 0 Å². The van der Waals surface area contributed by atoms with Crippen molar-refractivity contribution in [1.82, 2.24) is 10.9 Å². The van der Waals surface area contributed by atoms with Crippen LogP contribution in [0.1, 0.15) is 24.2 Å². The average molecular weight is 266 g/mol. The quantitative estimate of drug-likeness (QED) is 0.801. The molecule has 0 aliphatic carbocycles. The third-order valence-electron chi connectivity index (χ3n) is 2.47. The monoisotopic (exact) mass is 266 g/mol. The van der Waals surface area contributed by atoms with E-state index in [1.54, 1.807) is 26.0 Å². The zero-order chi connectivity index (χ0) is 14.4. The lowest BCUT2D eigenvalue weighted by atomic mass is 10.2. The number of carbonyl (C=O) groups is 2. The minimum Gasteiger partial charge on any atom is -0.493 e. The molecule has 0 aromatic heterocycles. The summed E-state index contributed by atoms with van der Waals surface area (Å²) in [6.45, 7) is 3.47. The van der Waals surface area contributed by atoms with Crippen LogP contribution >= 0.6 is 0 Å². The van der Waals surface area contributed by atoms with Crippen LogP contribution in [0.15, 0.2) is 18.2 Å². The lowest BCUT2D eigenvalue weighted by molar-refractivity contribution is -0.124. The second kappa shape index (κ2) is 6.63. The largest absolute Gasteiger partial charge is 0.493 e. The molecular weight excluding hydrogens is 248 g/mol. The highest BCUT2D eigenvalue weighted by atomic mass is 16.5. The second-order valence-corrected chi connectivity index (χ2v) is 4.17. The number of amides is 2. The first-order valence-electron chi connectivity index (χ1n) is 5.81. The van der Waals surface area contributed by atoms with Gasteiger partial charge in [-0.3, -0.25) is 20.4 Å². The van der Waals surface area contributed by atoms with E-state index in [-0.39, 0.29) is 11.8 Å². The van der Waals surface area contributed by atoms with Crippen molar-refractivity contribution in [3.63, 3.8) is 0 Å². The fourth-order valence-electron chi connectivity index (χ4n) is 1.31. The van der Waals surface area contributed by atoms with Gasteiger partial charge in [0.15, 0.2) is 11.5 Å². The number of carbonyl (C=O) groups excluding carboxylic acids is 2. The number of benzene rings is 1. The molecule has 6 heteroatoms. The van der Waals surface area contributed by atoms with Gasteiger partial charge >= 0.3 is 0 Å². The summed E-state index contributed by atoms with van der Waals surface area (Å²) in [4.78, 5) is 23.1. The normalized spacial score (nSPS) is 9.95. The van der Waals surface area contributed by atoms with Crippen LogP contribution in [-0.4, -0.2) is 26.0 Å². The first kappa shape index (κ1) is 14.8.